The molecule has 0 bridgehead atoms. The van der Waals surface area contributed by atoms with Gasteiger partial charge in [0.05, 0.1) is 7.11 Å². The average molecular weight is 288 g/mol. The summed E-state index contributed by atoms with van der Waals surface area (Å²) in [6.45, 7) is 0. The first-order valence-electron chi connectivity index (χ1n) is 6.43. The van der Waals surface area contributed by atoms with Crippen LogP contribution in [0.5, 0.6) is 17.2 Å². The predicted octanol–water partition coefficient (Wildman–Crippen LogP) is 2.59. The Hall–Kier alpha value is -2.69. The quantitative estimate of drug-likeness (QED) is 0.787. The van der Waals surface area contributed by atoms with Gasteiger partial charge in [-0.15, -0.1) is 0 Å². The van der Waals surface area contributed by atoms with Gasteiger partial charge in [0.2, 0.25) is 0 Å². The van der Waals surface area contributed by atoms with Crippen LogP contribution in [0, 0.1) is 0 Å². The van der Waals surface area contributed by atoms with E-state index < -0.39 is 5.97 Å². The highest BCUT2D eigenvalue weighted by molar-refractivity contribution is 5.91. The number of benzene rings is 2. The molecule has 0 atom stereocenters. The first-order chi connectivity index (χ1) is 10.0. The highest BCUT2D eigenvalue weighted by Gasteiger charge is 2.16. The summed E-state index contributed by atoms with van der Waals surface area (Å²) in [5.74, 6) is -0.961. The molecule has 0 aromatic heterocycles. The maximum absolute atomic E-state index is 11.0. The number of aryl methyl sites for hydroxylation is 1. The second-order valence-electron chi connectivity index (χ2n) is 4.61. The number of carboxylic acids is 1. The monoisotopic (exact) mass is 288 g/mol. The predicted molar refractivity (Wildman–Crippen MR) is 77.1 cm³/mol. The molecule has 0 aliphatic heterocycles. The van der Waals surface area contributed by atoms with Crippen LogP contribution in [0.4, 0.5) is 0 Å². The molecule has 3 N–H and O–H groups in total. The number of methoxy groups -OCH3 is 1. The van der Waals surface area contributed by atoms with Crippen molar-refractivity contribution < 1.29 is 24.9 Å². The number of rotatable bonds is 5. The summed E-state index contributed by atoms with van der Waals surface area (Å²) < 4.78 is 5.07. The normalized spacial score (nSPS) is 10.3. The van der Waals surface area contributed by atoms with E-state index in [1.165, 1.54) is 12.1 Å². The molecule has 0 amide bonds. The van der Waals surface area contributed by atoms with Crippen molar-refractivity contribution in [2.24, 2.45) is 0 Å². The number of carbonyl (C=O) groups is 1. The minimum atomic E-state index is -1.22. The van der Waals surface area contributed by atoms with Crippen molar-refractivity contribution in [1.82, 2.24) is 0 Å². The van der Waals surface area contributed by atoms with Crippen molar-refractivity contribution in [2.45, 2.75) is 12.8 Å². The number of carboxylic acid groups (broad SMARTS) is 1. The molecule has 0 heterocycles. The summed E-state index contributed by atoms with van der Waals surface area (Å²) in [4.78, 5) is 11.0. The van der Waals surface area contributed by atoms with E-state index in [1.54, 1.807) is 7.11 Å². The van der Waals surface area contributed by atoms with Crippen molar-refractivity contribution >= 4 is 5.97 Å². The molecule has 0 radical (unpaired) electrons. The molecule has 5 nitrogen and oxygen atoms in total. The van der Waals surface area contributed by atoms with E-state index in [1.807, 2.05) is 24.3 Å². The van der Waals surface area contributed by atoms with Crippen LogP contribution in [-0.2, 0) is 12.8 Å². The highest BCUT2D eigenvalue weighted by atomic mass is 16.5. The van der Waals surface area contributed by atoms with Crippen LogP contribution in [0.3, 0.4) is 0 Å². The van der Waals surface area contributed by atoms with Gasteiger partial charge in [-0.1, -0.05) is 12.1 Å². The van der Waals surface area contributed by atoms with Crippen molar-refractivity contribution in [3.8, 4) is 17.2 Å². The third-order valence-electron chi connectivity index (χ3n) is 3.31. The Kier molecular flexibility index (Phi) is 4.33. The number of ether oxygens (including phenoxy) is 1. The van der Waals surface area contributed by atoms with Gasteiger partial charge in [-0.25, -0.2) is 4.79 Å². The number of hydrogen-bond acceptors (Lipinski definition) is 4. The van der Waals surface area contributed by atoms with Crippen molar-refractivity contribution in [3.05, 3.63) is 53.1 Å². The zero-order valence-corrected chi connectivity index (χ0v) is 11.5. The maximum atomic E-state index is 11.0. The smallest absolute Gasteiger partial charge is 0.339 e. The van der Waals surface area contributed by atoms with Crippen molar-refractivity contribution in [1.29, 1.82) is 0 Å². The van der Waals surface area contributed by atoms with Gasteiger partial charge in [-0.3, -0.25) is 0 Å². The third kappa shape index (κ3) is 3.25. The summed E-state index contributed by atoms with van der Waals surface area (Å²) in [5.41, 5.74) is 1.03. The van der Waals surface area contributed by atoms with Crippen LogP contribution < -0.4 is 4.74 Å². The minimum Gasteiger partial charge on any atom is -0.508 e. The van der Waals surface area contributed by atoms with Gasteiger partial charge in [0.25, 0.3) is 0 Å². The molecule has 0 aliphatic rings. The Morgan fingerprint density at radius 3 is 2.29 bits per heavy atom. The van der Waals surface area contributed by atoms with Crippen LogP contribution in [0.2, 0.25) is 0 Å². The molecule has 0 fully saturated rings. The summed E-state index contributed by atoms with van der Waals surface area (Å²) in [7, 11) is 1.59. The SMILES string of the molecule is COc1ccc(CCc2c(O)ccc(C(=O)O)c2O)cc1. The van der Waals surface area contributed by atoms with E-state index in [4.69, 9.17) is 9.84 Å². The van der Waals surface area contributed by atoms with Crippen LogP contribution in [0.25, 0.3) is 0 Å². The van der Waals surface area contributed by atoms with Crippen LogP contribution in [0.1, 0.15) is 21.5 Å². The average Bonchev–Trinajstić information content (AvgIpc) is 2.47. The summed E-state index contributed by atoms with van der Waals surface area (Å²) in [6, 6.07) is 9.88. The molecule has 0 aliphatic carbocycles. The summed E-state index contributed by atoms with van der Waals surface area (Å²) in [6.07, 6.45) is 0.902. The number of aromatic carboxylic acids is 1. The fourth-order valence-corrected chi connectivity index (χ4v) is 2.11. The molecule has 2 rings (SSSR count). The van der Waals surface area contributed by atoms with E-state index in [-0.39, 0.29) is 22.6 Å². The van der Waals surface area contributed by atoms with Gasteiger partial charge in [-0.2, -0.15) is 0 Å². The van der Waals surface area contributed by atoms with E-state index in [0.717, 1.165) is 11.3 Å². The summed E-state index contributed by atoms with van der Waals surface area (Å²) >= 11 is 0. The Labute approximate surface area is 122 Å². The lowest BCUT2D eigenvalue weighted by Gasteiger charge is -2.10. The van der Waals surface area contributed by atoms with E-state index in [2.05, 4.69) is 0 Å². The Bertz CT molecular complexity index is 646. The number of aromatic hydroxyl groups is 2. The largest absolute Gasteiger partial charge is 0.508 e. The van der Waals surface area contributed by atoms with Crippen LogP contribution in [0.15, 0.2) is 36.4 Å². The number of phenolic OH excluding ortho intramolecular Hbond substituents is 1. The first kappa shape index (κ1) is 14.7. The molecule has 21 heavy (non-hydrogen) atoms. The standard InChI is InChI=1S/C16H16O5/c1-21-11-5-2-10(3-6-11)4-7-12-14(17)9-8-13(15(12)18)16(19)20/h2-3,5-6,8-9,17-18H,4,7H2,1H3,(H,19,20). The van der Waals surface area contributed by atoms with Crippen LogP contribution >= 0.6 is 0 Å². The molecular weight excluding hydrogens is 272 g/mol. The molecule has 0 saturated carbocycles. The second-order valence-corrected chi connectivity index (χ2v) is 4.61. The van der Waals surface area contributed by atoms with E-state index in [9.17, 15) is 15.0 Å². The third-order valence-corrected chi connectivity index (χ3v) is 3.31. The minimum absolute atomic E-state index is 0.106. The lowest BCUT2D eigenvalue weighted by atomic mass is 10.00. The van der Waals surface area contributed by atoms with Crippen molar-refractivity contribution in [3.63, 3.8) is 0 Å². The lowest BCUT2D eigenvalue weighted by molar-refractivity contribution is 0.0693. The van der Waals surface area contributed by atoms with E-state index in [0.29, 0.717) is 12.8 Å². The highest BCUT2D eigenvalue weighted by Crippen LogP contribution is 2.31. The molecule has 110 valence electrons. The van der Waals surface area contributed by atoms with Gasteiger partial charge in [0, 0.05) is 5.56 Å². The molecule has 5 heteroatoms. The fraction of sp³-hybridized carbons (Fsp3) is 0.188. The van der Waals surface area contributed by atoms with Gasteiger partial charge >= 0.3 is 5.97 Å². The Morgan fingerprint density at radius 2 is 1.71 bits per heavy atom. The number of phenols is 2. The number of hydrogen-bond donors (Lipinski definition) is 3. The van der Waals surface area contributed by atoms with Gasteiger partial charge in [-0.05, 0) is 42.7 Å². The zero-order valence-electron chi connectivity index (χ0n) is 11.5. The molecule has 0 unspecified atom stereocenters. The summed E-state index contributed by atoms with van der Waals surface area (Å²) in [5, 5.41) is 28.7. The first-order valence-corrected chi connectivity index (χ1v) is 6.43. The molecule has 0 spiro atoms. The van der Waals surface area contributed by atoms with Gasteiger partial charge in [0.15, 0.2) is 0 Å². The van der Waals surface area contributed by atoms with Gasteiger partial charge in [0.1, 0.15) is 22.8 Å². The molecule has 0 saturated heterocycles. The Morgan fingerprint density at radius 1 is 1.05 bits per heavy atom. The molecular formula is C16H16O5. The topological polar surface area (TPSA) is 87.0 Å². The fourth-order valence-electron chi connectivity index (χ4n) is 2.11. The zero-order chi connectivity index (χ0) is 15.4. The maximum Gasteiger partial charge on any atom is 0.339 e. The lowest BCUT2D eigenvalue weighted by Crippen LogP contribution is -2.00. The Balaban J connectivity index is 2.19. The second kappa shape index (κ2) is 6.17. The van der Waals surface area contributed by atoms with Gasteiger partial charge < -0.3 is 20.1 Å². The molecule has 2 aromatic rings. The van der Waals surface area contributed by atoms with E-state index >= 15 is 0 Å². The van der Waals surface area contributed by atoms with Crippen molar-refractivity contribution in [2.75, 3.05) is 7.11 Å². The van der Waals surface area contributed by atoms with Crippen LogP contribution in [-0.4, -0.2) is 28.4 Å². The molecule has 2 aromatic carbocycles.